The van der Waals surface area contributed by atoms with E-state index in [0.717, 1.165) is 0 Å². The highest BCUT2D eigenvalue weighted by atomic mass is 31.2. The van der Waals surface area contributed by atoms with Crippen molar-refractivity contribution in [1.29, 1.82) is 0 Å². The molecular weight excluding hydrogens is 286 g/mol. The van der Waals surface area contributed by atoms with Gasteiger partial charge in [0.1, 0.15) is 6.54 Å². The number of aromatic nitrogens is 1. The second-order valence-electron chi connectivity index (χ2n) is 3.29. The lowest BCUT2D eigenvalue weighted by molar-refractivity contribution is -0.361. The molecule has 11 heteroatoms. The first-order valence-corrected chi connectivity index (χ1v) is 7.83. The van der Waals surface area contributed by atoms with Crippen molar-refractivity contribution in [3.8, 4) is 0 Å². The van der Waals surface area contributed by atoms with Gasteiger partial charge in [0.05, 0.1) is 6.20 Å². The molecule has 0 amide bonds. The van der Waals surface area contributed by atoms with Crippen molar-refractivity contribution in [2.24, 2.45) is 0 Å². The Labute approximate surface area is 103 Å². The monoisotopic (exact) mass is 300 g/mol. The summed E-state index contributed by atoms with van der Waals surface area (Å²) in [6.07, 6.45) is 1.55. The molecule has 1 rings (SSSR count). The molecular formula is C7H14N2O7P2. The number of nitrogens with one attached hydrogen (secondary N) is 2. The van der Waals surface area contributed by atoms with Gasteiger partial charge in [-0.3, -0.25) is 9.88 Å². The number of pyridine rings is 1. The van der Waals surface area contributed by atoms with Gasteiger partial charge < -0.3 is 29.6 Å². The zero-order valence-corrected chi connectivity index (χ0v) is 10.8. The van der Waals surface area contributed by atoms with Crippen LogP contribution >= 0.6 is 15.2 Å². The molecule has 18 heavy (non-hydrogen) atoms. The highest BCUT2D eigenvalue weighted by molar-refractivity contribution is 7.70. The Hall–Kier alpha value is -0.790. The van der Waals surface area contributed by atoms with E-state index in [1.54, 1.807) is 24.4 Å². The molecule has 0 saturated heterocycles. The Morgan fingerprint density at radius 1 is 1.33 bits per heavy atom. The number of rotatable bonds is 5. The summed E-state index contributed by atoms with van der Waals surface area (Å²) in [5.74, 6) is 0.374. The fourth-order valence-corrected chi connectivity index (χ4v) is 3.30. The Morgan fingerprint density at radius 3 is 2.33 bits per heavy atom. The summed E-state index contributed by atoms with van der Waals surface area (Å²) in [5, 5.41) is 0.314. The van der Waals surface area contributed by atoms with Gasteiger partial charge in [0.15, 0.2) is 13.0 Å². The van der Waals surface area contributed by atoms with Crippen molar-refractivity contribution < 1.29 is 39.2 Å². The summed E-state index contributed by atoms with van der Waals surface area (Å²) in [7, 11) is -10.1. The topological polar surface area (TPSA) is 176 Å². The first kappa shape index (κ1) is 17.2. The van der Waals surface area contributed by atoms with E-state index in [4.69, 9.17) is 14.7 Å². The van der Waals surface area contributed by atoms with Crippen LogP contribution in [0.5, 0.6) is 0 Å². The quantitative estimate of drug-likeness (QED) is 0.460. The predicted molar refractivity (Wildman–Crippen MR) is 60.8 cm³/mol. The summed E-state index contributed by atoms with van der Waals surface area (Å²) in [6.45, 7) is -0.595. The average molecular weight is 300 g/mol. The van der Waals surface area contributed by atoms with E-state index in [2.05, 4.69) is 10.3 Å². The highest BCUT2D eigenvalue weighted by Gasteiger charge is 2.38. The molecule has 0 spiro atoms. The Balaban J connectivity index is 0.00000289. The van der Waals surface area contributed by atoms with Crippen molar-refractivity contribution in [2.45, 2.75) is 5.40 Å². The largest absolute Gasteiger partial charge is 0.778 e. The van der Waals surface area contributed by atoms with Gasteiger partial charge in [0.2, 0.25) is 0 Å². The van der Waals surface area contributed by atoms with Gasteiger partial charge in [-0.1, -0.05) is 6.07 Å². The molecule has 1 aromatic rings. The fraction of sp³-hybridized carbons (Fsp3) is 0.286. The summed E-state index contributed by atoms with van der Waals surface area (Å²) in [6, 6.07) is 4.86. The minimum atomic E-state index is -5.12. The van der Waals surface area contributed by atoms with E-state index in [1.807, 2.05) is 0 Å². The summed E-state index contributed by atoms with van der Waals surface area (Å²) in [5.41, 5.74) is 0. The summed E-state index contributed by atoms with van der Waals surface area (Å²) >= 11 is 0. The maximum atomic E-state index is 10.9. The molecule has 0 fully saturated rings. The molecule has 0 aliphatic carbocycles. The lowest BCUT2D eigenvalue weighted by atomic mass is 10.4. The lowest BCUT2D eigenvalue weighted by Gasteiger charge is -2.26. The van der Waals surface area contributed by atoms with E-state index >= 15 is 0 Å². The van der Waals surface area contributed by atoms with Gasteiger partial charge in [-0.2, -0.15) is 0 Å². The maximum absolute atomic E-state index is 10.9. The van der Waals surface area contributed by atoms with E-state index in [1.165, 1.54) is 0 Å². The first-order valence-electron chi connectivity index (χ1n) is 4.50. The van der Waals surface area contributed by atoms with Gasteiger partial charge in [-0.25, -0.2) is 4.98 Å². The Bertz CT molecular complexity index is 434. The zero-order chi connectivity index (χ0) is 13.1. The van der Waals surface area contributed by atoms with Crippen LogP contribution in [0.25, 0.3) is 0 Å². The number of hydrogen-bond acceptors (Lipinski definition) is 4. The molecule has 0 aliphatic heterocycles. The SMILES string of the molecule is O.O=P([O-])(O)[C@H](CNc1cccc[nH+]1)P(=O)(O)O. The normalized spacial score (nSPS) is 16.2. The summed E-state index contributed by atoms with van der Waals surface area (Å²) in [4.78, 5) is 39.9. The van der Waals surface area contributed by atoms with Gasteiger partial charge in [-0.15, -0.1) is 0 Å². The van der Waals surface area contributed by atoms with Crippen LogP contribution in [0, 0.1) is 0 Å². The number of hydrogen-bond donors (Lipinski definition) is 4. The number of aromatic amines is 1. The molecule has 7 N–H and O–H groups in total. The van der Waals surface area contributed by atoms with E-state index in [-0.39, 0.29) is 5.48 Å². The third kappa shape index (κ3) is 5.24. The second-order valence-corrected chi connectivity index (χ2v) is 7.25. The maximum Gasteiger partial charge on any atom is 0.341 e. The van der Waals surface area contributed by atoms with Crippen LogP contribution in [-0.4, -0.2) is 32.1 Å². The van der Waals surface area contributed by atoms with Crippen molar-refractivity contribution in [3.05, 3.63) is 24.4 Å². The Morgan fingerprint density at radius 2 is 1.94 bits per heavy atom. The predicted octanol–water partition coefficient (Wildman–Crippen LogP) is -1.86. The minimum absolute atomic E-state index is 0. The minimum Gasteiger partial charge on any atom is -0.778 e. The Kier molecular flexibility index (Phi) is 6.12. The lowest BCUT2D eigenvalue weighted by Crippen LogP contribution is -2.27. The van der Waals surface area contributed by atoms with Crippen molar-refractivity contribution in [2.75, 3.05) is 11.9 Å². The smallest absolute Gasteiger partial charge is 0.341 e. The van der Waals surface area contributed by atoms with Crippen LogP contribution in [0.4, 0.5) is 5.82 Å². The van der Waals surface area contributed by atoms with E-state index in [0.29, 0.717) is 5.82 Å². The molecule has 0 aromatic carbocycles. The van der Waals surface area contributed by atoms with E-state index < -0.39 is 27.1 Å². The highest BCUT2D eigenvalue weighted by Crippen LogP contribution is 2.57. The first-order chi connectivity index (χ1) is 7.71. The third-order valence-electron chi connectivity index (χ3n) is 1.95. The van der Waals surface area contributed by atoms with Crippen LogP contribution in [0.2, 0.25) is 0 Å². The van der Waals surface area contributed by atoms with Crippen molar-refractivity contribution in [1.82, 2.24) is 0 Å². The molecule has 0 aliphatic rings. The van der Waals surface area contributed by atoms with E-state index in [9.17, 15) is 14.0 Å². The van der Waals surface area contributed by atoms with Crippen molar-refractivity contribution >= 4 is 21.0 Å². The average Bonchev–Trinajstić information content (AvgIpc) is 2.15. The third-order valence-corrected chi connectivity index (χ3v) is 5.62. The van der Waals surface area contributed by atoms with Gasteiger partial charge in [0.25, 0.3) is 5.82 Å². The molecule has 0 bridgehead atoms. The zero-order valence-electron chi connectivity index (χ0n) is 9.05. The number of H-pyrrole nitrogens is 1. The summed E-state index contributed by atoms with van der Waals surface area (Å²) < 4.78 is 21.8. The van der Waals surface area contributed by atoms with Crippen LogP contribution in [0.1, 0.15) is 0 Å². The van der Waals surface area contributed by atoms with Crippen LogP contribution in [0.3, 0.4) is 0 Å². The van der Waals surface area contributed by atoms with Crippen LogP contribution in [-0.2, 0) is 9.13 Å². The number of anilines is 1. The van der Waals surface area contributed by atoms with Gasteiger partial charge >= 0.3 is 7.60 Å². The molecule has 1 heterocycles. The van der Waals surface area contributed by atoms with Gasteiger partial charge in [-0.05, 0) is 6.07 Å². The molecule has 1 aromatic heterocycles. The molecule has 1 unspecified atom stereocenters. The molecule has 2 atom stereocenters. The second kappa shape index (κ2) is 6.40. The standard InChI is InChI=1S/C7H12N2O6P2.H2O/c10-16(11,12)7(17(13,14)15)5-9-6-3-1-2-4-8-6;/h1-4,7H,5H2,(H,8,9)(H2,10,11,12)(H2,13,14,15);1H2. The van der Waals surface area contributed by atoms with Crippen molar-refractivity contribution in [3.63, 3.8) is 0 Å². The molecule has 0 saturated carbocycles. The van der Waals surface area contributed by atoms with Crippen LogP contribution in [0.15, 0.2) is 24.4 Å². The molecule has 104 valence electrons. The fourth-order valence-electron chi connectivity index (χ4n) is 1.13. The molecule has 9 nitrogen and oxygen atoms in total. The van der Waals surface area contributed by atoms with Crippen LogP contribution < -0.4 is 15.2 Å². The van der Waals surface area contributed by atoms with Gasteiger partial charge in [0, 0.05) is 6.07 Å². The molecule has 0 radical (unpaired) electrons.